The summed E-state index contributed by atoms with van der Waals surface area (Å²) >= 11 is 11.1. The van der Waals surface area contributed by atoms with Gasteiger partial charge >= 0.3 is 0 Å². The van der Waals surface area contributed by atoms with Crippen molar-refractivity contribution >= 4 is 49.8 Å². The van der Waals surface area contributed by atoms with Crippen LogP contribution < -0.4 is 4.74 Å². The maximum absolute atomic E-state index is 6.36. The molecule has 0 aliphatic heterocycles. The topological polar surface area (TPSA) is 9.23 Å². The molecule has 0 atom stereocenters. The Morgan fingerprint density at radius 3 is 2.26 bits per heavy atom. The van der Waals surface area contributed by atoms with Crippen LogP contribution in [0.5, 0.6) is 5.75 Å². The maximum Gasteiger partial charge on any atom is 0.267 e. The van der Waals surface area contributed by atoms with Gasteiger partial charge in [0.05, 0.1) is 6.61 Å². The maximum atomic E-state index is 6.36. The summed E-state index contributed by atoms with van der Waals surface area (Å²) < 4.78 is 4.79. The second kappa shape index (κ2) is 12.5. The van der Waals surface area contributed by atoms with Crippen LogP contribution in [0, 0.1) is 0 Å². The van der Waals surface area contributed by atoms with E-state index in [1.165, 1.54) is 48.8 Å². The van der Waals surface area contributed by atoms with Crippen LogP contribution in [0.15, 0.2) is 48.5 Å². The van der Waals surface area contributed by atoms with E-state index in [2.05, 4.69) is 101 Å². The van der Waals surface area contributed by atoms with E-state index in [0.29, 0.717) is 0 Å². The largest absolute Gasteiger partial charge is 0.493 e. The second-order valence-corrected chi connectivity index (χ2v) is 30.4. The smallest absolute Gasteiger partial charge is 0.267 e. The molecular formula is C22H29Br3OSi. The number of halogens is 3. The first-order valence-corrected chi connectivity index (χ1v) is 18.9. The molecular weight excluding hydrogens is 548 g/mol. The number of hydrogen-bond donors (Lipinski definition) is 0. The SMILES string of the molecule is CCCCCCCc1cccc(-c2ccccc2)c1OCCC[Si](Br)(Br)Br. The van der Waals surface area contributed by atoms with E-state index < -0.39 is 3.93 Å². The summed E-state index contributed by atoms with van der Waals surface area (Å²) in [7, 11) is 0. The van der Waals surface area contributed by atoms with Gasteiger partial charge in [-0.1, -0.05) is 127 Å². The quantitative estimate of drug-likeness (QED) is 0.139. The summed E-state index contributed by atoms with van der Waals surface area (Å²) in [5, 5.41) is 0. The van der Waals surface area contributed by atoms with Crippen LogP contribution in [-0.2, 0) is 6.42 Å². The third-order valence-electron chi connectivity index (χ3n) is 4.58. The van der Waals surface area contributed by atoms with Crippen molar-refractivity contribution in [2.45, 2.75) is 57.9 Å². The van der Waals surface area contributed by atoms with Crippen molar-refractivity contribution in [3.05, 3.63) is 54.1 Å². The summed E-state index contributed by atoms with van der Waals surface area (Å²) in [6.07, 6.45) is 8.60. The Labute approximate surface area is 189 Å². The minimum absolute atomic E-state index is 0.740. The number of ether oxygens (including phenoxy) is 1. The molecule has 148 valence electrons. The van der Waals surface area contributed by atoms with Crippen LogP contribution in [0.2, 0.25) is 6.04 Å². The lowest BCUT2D eigenvalue weighted by atomic mass is 9.98. The number of rotatable bonds is 12. The first-order chi connectivity index (χ1) is 13.0. The van der Waals surface area contributed by atoms with Crippen LogP contribution in [0.1, 0.15) is 51.0 Å². The Bertz CT molecular complexity index is 671. The molecule has 0 saturated carbocycles. The molecule has 0 aliphatic carbocycles. The van der Waals surface area contributed by atoms with Crippen molar-refractivity contribution in [3.63, 3.8) is 0 Å². The molecule has 0 bridgehead atoms. The summed E-state index contributed by atoms with van der Waals surface area (Å²) in [6.45, 7) is 3.00. The predicted octanol–water partition coefficient (Wildman–Crippen LogP) is 8.76. The summed E-state index contributed by atoms with van der Waals surface area (Å²) in [4.78, 5) is 0. The molecule has 0 unspecified atom stereocenters. The molecule has 0 radical (unpaired) electrons. The van der Waals surface area contributed by atoms with Crippen LogP contribution in [0.25, 0.3) is 11.1 Å². The zero-order chi connectivity index (χ0) is 19.5. The van der Waals surface area contributed by atoms with Crippen molar-refractivity contribution in [2.24, 2.45) is 0 Å². The molecule has 0 fully saturated rings. The van der Waals surface area contributed by atoms with E-state index in [-0.39, 0.29) is 0 Å². The molecule has 0 spiro atoms. The highest BCUT2D eigenvalue weighted by atomic mass is 80.0. The van der Waals surface area contributed by atoms with Crippen molar-refractivity contribution in [3.8, 4) is 16.9 Å². The van der Waals surface area contributed by atoms with Gasteiger partial charge < -0.3 is 4.74 Å². The summed E-state index contributed by atoms with van der Waals surface area (Å²) in [5.41, 5.74) is 3.78. The Morgan fingerprint density at radius 1 is 0.815 bits per heavy atom. The van der Waals surface area contributed by atoms with Crippen LogP contribution in [-0.4, -0.2) is 10.5 Å². The number of para-hydroxylation sites is 1. The summed E-state index contributed by atoms with van der Waals surface area (Å²) in [6, 6.07) is 18.3. The molecule has 0 N–H and O–H groups in total. The Kier molecular flexibility index (Phi) is 10.7. The fourth-order valence-electron chi connectivity index (χ4n) is 3.16. The van der Waals surface area contributed by atoms with E-state index in [1.807, 2.05) is 0 Å². The standard InChI is InChI=1S/C22H29Br3OSi/c1-2-3-4-5-7-14-20-15-10-16-21(19-12-8-6-9-13-19)22(20)26-17-11-18-27(23,24)25/h6,8-10,12-13,15-16H,2-5,7,11,14,17-18H2,1H3. The van der Waals surface area contributed by atoms with Gasteiger partial charge in [0.1, 0.15) is 5.75 Å². The van der Waals surface area contributed by atoms with Crippen molar-refractivity contribution in [1.29, 1.82) is 0 Å². The Morgan fingerprint density at radius 2 is 1.56 bits per heavy atom. The molecule has 2 aromatic rings. The van der Waals surface area contributed by atoms with Gasteiger partial charge in [-0.3, -0.25) is 0 Å². The zero-order valence-corrected chi connectivity index (χ0v) is 21.8. The number of aryl methyl sites for hydroxylation is 1. The predicted molar refractivity (Wildman–Crippen MR) is 132 cm³/mol. The van der Waals surface area contributed by atoms with E-state index in [4.69, 9.17) is 4.74 Å². The molecule has 1 nitrogen and oxygen atoms in total. The van der Waals surface area contributed by atoms with Crippen molar-refractivity contribution < 1.29 is 4.74 Å². The molecule has 0 aliphatic rings. The highest BCUT2D eigenvalue weighted by Crippen LogP contribution is 2.36. The summed E-state index contributed by atoms with van der Waals surface area (Å²) in [5.74, 6) is 1.07. The van der Waals surface area contributed by atoms with Crippen molar-refractivity contribution in [2.75, 3.05) is 6.61 Å². The number of unbranched alkanes of at least 4 members (excludes halogenated alkanes) is 4. The number of hydrogen-bond acceptors (Lipinski definition) is 1. The van der Waals surface area contributed by atoms with Crippen LogP contribution in [0.3, 0.4) is 0 Å². The molecule has 27 heavy (non-hydrogen) atoms. The second-order valence-electron chi connectivity index (χ2n) is 6.89. The molecule has 0 heterocycles. The van der Waals surface area contributed by atoms with Crippen LogP contribution >= 0.6 is 45.9 Å². The highest BCUT2D eigenvalue weighted by molar-refractivity contribution is 9.72. The van der Waals surface area contributed by atoms with E-state index >= 15 is 0 Å². The minimum atomic E-state index is -1.56. The molecule has 2 aromatic carbocycles. The van der Waals surface area contributed by atoms with Gasteiger partial charge in [-0.2, -0.15) is 0 Å². The monoisotopic (exact) mass is 574 g/mol. The Hall–Kier alpha value is -0.103. The van der Waals surface area contributed by atoms with Gasteiger partial charge in [0, 0.05) is 5.56 Å². The lowest BCUT2D eigenvalue weighted by molar-refractivity contribution is 0.315. The van der Waals surface area contributed by atoms with Crippen LogP contribution in [0.4, 0.5) is 0 Å². The van der Waals surface area contributed by atoms with Gasteiger partial charge in [-0.25, -0.2) is 0 Å². The lowest BCUT2D eigenvalue weighted by Crippen LogP contribution is -2.09. The first-order valence-electron chi connectivity index (χ1n) is 9.88. The molecule has 5 heteroatoms. The minimum Gasteiger partial charge on any atom is -0.493 e. The van der Waals surface area contributed by atoms with Gasteiger partial charge in [0.25, 0.3) is 3.93 Å². The van der Waals surface area contributed by atoms with Gasteiger partial charge in [0.15, 0.2) is 0 Å². The average molecular weight is 577 g/mol. The molecule has 0 aromatic heterocycles. The first kappa shape index (κ1) is 23.2. The van der Waals surface area contributed by atoms with Gasteiger partial charge in [-0.05, 0) is 36.4 Å². The zero-order valence-electron chi connectivity index (χ0n) is 16.0. The fourth-order valence-corrected chi connectivity index (χ4v) is 6.23. The highest BCUT2D eigenvalue weighted by Gasteiger charge is 2.21. The molecule has 0 amide bonds. The number of benzene rings is 2. The van der Waals surface area contributed by atoms with Crippen molar-refractivity contribution in [1.82, 2.24) is 0 Å². The molecule has 0 saturated heterocycles. The third-order valence-corrected chi connectivity index (χ3v) is 9.07. The van der Waals surface area contributed by atoms with Gasteiger partial charge in [-0.15, -0.1) is 0 Å². The average Bonchev–Trinajstić information content (AvgIpc) is 2.65. The normalized spacial score (nSPS) is 11.6. The fraction of sp³-hybridized carbons (Fsp3) is 0.455. The Balaban J connectivity index is 2.11. The molecule has 2 rings (SSSR count). The van der Waals surface area contributed by atoms with E-state index in [0.717, 1.165) is 31.2 Å². The van der Waals surface area contributed by atoms with E-state index in [1.54, 1.807) is 0 Å². The van der Waals surface area contributed by atoms with Gasteiger partial charge in [0.2, 0.25) is 0 Å². The lowest BCUT2D eigenvalue weighted by Gasteiger charge is -2.17. The third kappa shape index (κ3) is 8.84. The van der Waals surface area contributed by atoms with E-state index in [9.17, 15) is 0 Å².